The number of esters is 1. The molecule has 1 heterocycles. The number of fused-ring (bicyclic) bond motifs is 1. The number of benzene rings is 2. The van der Waals surface area contributed by atoms with E-state index < -0.39 is 28.0 Å². The van der Waals surface area contributed by atoms with E-state index in [1.165, 1.54) is 4.90 Å². The number of likely N-dealkylation sites (N-methyl/N-ethyl adjacent to an activating group) is 1. The number of carbonyl (C=O) groups is 2. The van der Waals surface area contributed by atoms with Crippen LogP contribution in [0.4, 0.5) is 5.69 Å². The highest BCUT2D eigenvalue weighted by Gasteiger charge is 2.35. The number of hydrogen-bond donors (Lipinski definition) is 0. The minimum atomic E-state index is -3.57. The highest BCUT2D eigenvalue weighted by Crippen LogP contribution is 2.30. The molecule has 31 heavy (non-hydrogen) atoms. The van der Waals surface area contributed by atoms with Crippen molar-refractivity contribution in [2.45, 2.75) is 12.5 Å². The first-order chi connectivity index (χ1) is 14.7. The molecule has 0 bridgehead atoms. The van der Waals surface area contributed by atoms with E-state index in [0.717, 1.165) is 6.26 Å². The van der Waals surface area contributed by atoms with Crippen molar-refractivity contribution in [2.24, 2.45) is 4.99 Å². The number of hydrogen-bond acceptors (Lipinski definition) is 7. The molecule has 2 aromatic rings. The standard InChI is InChI=1S/C21H21ClN2O6S/c1-24-17-10-9-15(22)13-16(17)18(14-7-4-3-5-8-14)23-19(20(24)25)21(26)29-11-6-12-30-31(2,27)28/h3-5,7-10,13,19H,6,11-12H2,1-2H3. The Morgan fingerprint density at radius 3 is 2.55 bits per heavy atom. The van der Waals surface area contributed by atoms with Crippen LogP contribution >= 0.6 is 11.6 Å². The number of nitrogens with zero attached hydrogens (tertiary/aromatic N) is 2. The molecule has 1 atom stereocenters. The molecule has 0 N–H and O–H groups in total. The third kappa shape index (κ3) is 5.69. The number of aliphatic imine (C=N–C) groups is 1. The van der Waals surface area contributed by atoms with Crippen molar-refractivity contribution < 1.29 is 26.9 Å². The van der Waals surface area contributed by atoms with Gasteiger partial charge in [-0.3, -0.25) is 14.0 Å². The zero-order chi connectivity index (χ0) is 22.6. The van der Waals surface area contributed by atoms with Gasteiger partial charge in [-0.1, -0.05) is 41.9 Å². The van der Waals surface area contributed by atoms with Crippen molar-refractivity contribution in [1.82, 2.24) is 0 Å². The minimum absolute atomic E-state index is 0.114. The van der Waals surface area contributed by atoms with Gasteiger partial charge in [0.15, 0.2) is 0 Å². The molecule has 0 spiro atoms. The van der Waals surface area contributed by atoms with Gasteiger partial charge < -0.3 is 9.64 Å². The van der Waals surface area contributed by atoms with Gasteiger partial charge in [0.25, 0.3) is 16.0 Å². The molecule has 0 aliphatic carbocycles. The van der Waals surface area contributed by atoms with Gasteiger partial charge in [0.1, 0.15) is 0 Å². The largest absolute Gasteiger partial charge is 0.464 e. The van der Waals surface area contributed by atoms with E-state index in [2.05, 4.69) is 9.18 Å². The summed E-state index contributed by atoms with van der Waals surface area (Å²) < 4.78 is 31.8. The zero-order valence-corrected chi connectivity index (χ0v) is 18.5. The Bertz CT molecular complexity index is 1120. The summed E-state index contributed by atoms with van der Waals surface area (Å²) >= 11 is 6.19. The maximum absolute atomic E-state index is 13.0. The summed E-state index contributed by atoms with van der Waals surface area (Å²) in [5, 5.41) is 0.468. The number of ether oxygens (including phenoxy) is 1. The van der Waals surface area contributed by atoms with E-state index in [1.54, 1.807) is 25.2 Å². The van der Waals surface area contributed by atoms with Crippen molar-refractivity contribution >= 4 is 45.0 Å². The highest BCUT2D eigenvalue weighted by atomic mass is 35.5. The summed E-state index contributed by atoms with van der Waals surface area (Å²) in [5.74, 6) is -1.38. The molecule has 164 valence electrons. The quantitative estimate of drug-likeness (QED) is 0.270. The predicted octanol–water partition coefficient (Wildman–Crippen LogP) is 2.43. The van der Waals surface area contributed by atoms with Crippen LogP contribution in [0.3, 0.4) is 0 Å². The molecule has 1 aliphatic heterocycles. The van der Waals surface area contributed by atoms with Crippen molar-refractivity contribution in [3.63, 3.8) is 0 Å². The lowest BCUT2D eigenvalue weighted by molar-refractivity contribution is -0.147. The molecule has 0 saturated carbocycles. The Kier molecular flexibility index (Phi) is 7.09. The summed E-state index contributed by atoms with van der Waals surface area (Å²) in [5.41, 5.74) is 2.34. The summed E-state index contributed by atoms with van der Waals surface area (Å²) in [6, 6.07) is 12.8. The van der Waals surface area contributed by atoms with Crippen LogP contribution in [-0.2, 0) is 28.6 Å². The molecule has 0 fully saturated rings. The number of amides is 1. The second kappa shape index (κ2) is 9.59. The van der Waals surface area contributed by atoms with E-state index in [1.807, 2.05) is 30.3 Å². The fourth-order valence-corrected chi connectivity index (χ4v) is 3.64. The van der Waals surface area contributed by atoms with Gasteiger partial charge in [-0.05, 0) is 18.2 Å². The van der Waals surface area contributed by atoms with Crippen LogP contribution in [-0.4, -0.2) is 58.6 Å². The fourth-order valence-electron chi connectivity index (χ4n) is 3.05. The molecule has 0 radical (unpaired) electrons. The molecule has 8 nitrogen and oxygen atoms in total. The van der Waals surface area contributed by atoms with Crippen LogP contribution in [0.2, 0.25) is 5.02 Å². The van der Waals surface area contributed by atoms with E-state index in [4.69, 9.17) is 16.3 Å². The van der Waals surface area contributed by atoms with Crippen molar-refractivity contribution in [3.05, 3.63) is 64.7 Å². The first-order valence-corrected chi connectivity index (χ1v) is 11.6. The fraction of sp³-hybridized carbons (Fsp3) is 0.286. The number of halogens is 1. The lowest BCUT2D eigenvalue weighted by Gasteiger charge is -2.20. The van der Waals surface area contributed by atoms with Crippen LogP contribution in [0.25, 0.3) is 0 Å². The lowest BCUT2D eigenvalue weighted by atomic mass is 10.0. The molecule has 10 heteroatoms. The Morgan fingerprint density at radius 1 is 1.16 bits per heavy atom. The van der Waals surface area contributed by atoms with Crippen LogP contribution in [0.5, 0.6) is 0 Å². The maximum Gasteiger partial charge on any atom is 0.340 e. The average Bonchev–Trinajstić information content (AvgIpc) is 2.82. The Hall–Kier alpha value is -2.75. The normalized spacial score (nSPS) is 16.4. The van der Waals surface area contributed by atoms with Gasteiger partial charge in [-0.25, -0.2) is 4.79 Å². The summed E-state index contributed by atoms with van der Waals surface area (Å²) in [4.78, 5) is 31.5. The van der Waals surface area contributed by atoms with Gasteiger partial charge in [-0.15, -0.1) is 0 Å². The summed E-state index contributed by atoms with van der Waals surface area (Å²) in [7, 11) is -2.02. The van der Waals surface area contributed by atoms with E-state index in [9.17, 15) is 18.0 Å². The monoisotopic (exact) mass is 464 g/mol. The van der Waals surface area contributed by atoms with Gasteiger partial charge >= 0.3 is 5.97 Å². The number of carbonyl (C=O) groups excluding carboxylic acids is 2. The van der Waals surface area contributed by atoms with E-state index in [0.29, 0.717) is 27.5 Å². The zero-order valence-electron chi connectivity index (χ0n) is 16.9. The first-order valence-electron chi connectivity index (χ1n) is 9.39. The Labute approximate surface area is 185 Å². The second-order valence-electron chi connectivity index (χ2n) is 6.85. The number of benzodiazepines with no additional fused rings is 1. The summed E-state index contributed by atoms with van der Waals surface area (Å²) in [6.07, 6.45) is 1.09. The van der Waals surface area contributed by atoms with Crippen molar-refractivity contribution in [2.75, 3.05) is 31.4 Å². The minimum Gasteiger partial charge on any atom is -0.464 e. The maximum atomic E-state index is 13.0. The average molecular weight is 465 g/mol. The third-order valence-corrected chi connectivity index (χ3v) is 5.33. The van der Waals surface area contributed by atoms with Crippen molar-refractivity contribution in [1.29, 1.82) is 0 Å². The SMILES string of the molecule is CN1C(=O)C(C(=O)OCCCOS(C)(=O)=O)N=C(c2ccccc2)c2cc(Cl)ccc21. The van der Waals surface area contributed by atoms with Gasteiger partial charge in [0, 0.05) is 29.6 Å². The molecule has 1 unspecified atom stereocenters. The molecule has 0 saturated heterocycles. The highest BCUT2D eigenvalue weighted by molar-refractivity contribution is 7.85. The van der Waals surface area contributed by atoms with Gasteiger partial charge in [-0.2, -0.15) is 8.42 Å². The van der Waals surface area contributed by atoms with E-state index in [-0.39, 0.29) is 19.6 Å². The predicted molar refractivity (Wildman–Crippen MR) is 117 cm³/mol. The summed E-state index contributed by atoms with van der Waals surface area (Å²) in [6.45, 7) is -0.246. The molecular formula is C21H21ClN2O6S. The molecule has 1 aliphatic rings. The molecule has 3 rings (SSSR count). The van der Waals surface area contributed by atoms with E-state index >= 15 is 0 Å². The number of anilines is 1. The van der Waals surface area contributed by atoms with Gasteiger partial charge in [0.05, 0.1) is 30.9 Å². The topological polar surface area (TPSA) is 102 Å². The van der Waals surface area contributed by atoms with Crippen molar-refractivity contribution in [3.8, 4) is 0 Å². The Morgan fingerprint density at radius 2 is 1.87 bits per heavy atom. The van der Waals surface area contributed by atoms with Crippen LogP contribution in [0.1, 0.15) is 17.5 Å². The molecule has 1 amide bonds. The number of rotatable bonds is 7. The van der Waals surface area contributed by atoms with Crippen LogP contribution < -0.4 is 4.90 Å². The third-order valence-electron chi connectivity index (χ3n) is 4.50. The lowest BCUT2D eigenvalue weighted by Crippen LogP contribution is -2.40. The molecule has 2 aromatic carbocycles. The van der Waals surface area contributed by atoms with Gasteiger partial charge in [0.2, 0.25) is 6.04 Å². The van der Waals surface area contributed by atoms with Crippen LogP contribution in [0.15, 0.2) is 53.5 Å². The molecular weight excluding hydrogens is 444 g/mol. The van der Waals surface area contributed by atoms with Crippen LogP contribution in [0, 0.1) is 0 Å². The smallest absolute Gasteiger partial charge is 0.340 e. The Balaban J connectivity index is 1.89. The molecule has 0 aromatic heterocycles. The second-order valence-corrected chi connectivity index (χ2v) is 8.93. The first kappa shape index (κ1) is 22.9.